The van der Waals surface area contributed by atoms with Gasteiger partial charge in [0.25, 0.3) is 0 Å². The highest BCUT2D eigenvalue weighted by molar-refractivity contribution is 5.79. The number of hydrogen-bond acceptors (Lipinski definition) is 5. The lowest BCUT2D eigenvalue weighted by Crippen LogP contribution is -2.50. The maximum atomic E-state index is 12.3. The molecule has 0 aliphatic carbocycles. The van der Waals surface area contributed by atoms with Gasteiger partial charge in [-0.15, -0.1) is 0 Å². The van der Waals surface area contributed by atoms with Crippen molar-refractivity contribution in [3.63, 3.8) is 0 Å². The van der Waals surface area contributed by atoms with Gasteiger partial charge in [0.05, 0.1) is 5.69 Å². The summed E-state index contributed by atoms with van der Waals surface area (Å²) in [4.78, 5) is 30.3. The van der Waals surface area contributed by atoms with Crippen LogP contribution in [0.15, 0.2) is 18.3 Å². The monoisotopic (exact) mass is 306 g/mol. The van der Waals surface area contributed by atoms with Crippen LogP contribution in [0.4, 0.5) is 11.5 Å². The van der Waals surface area contributed by atoms with Gasteiger partial charge in [0.15, 0.2) is 6.20 Å². The summed E-state index contributed by atoms with van der Waals surface area (Å²) in [5, 5.41) is 10.6. The van der Waals surface area contributed by atoms with Crippen molar-refractivity contribution in [2.24, 2.45) is 5.92 Å². The second kappa shape index (κ2) is 7.20. The number of carbonyl (C=O) groups excluding carboxylic acids is 1. The molecule has 1 fully saturated rings. The molecule has 1 aromatic rings. The van der Waals surface area contributed by atoms with Crippen molar-refractivity contribution in [3.05, 3.63) is 28.4 Å². The standard InChI is InChI=1S/C15H22N4O3/c1-3-12(4-2)15(20)18-9-7-17(8-10-18)13-5-6-14(16-11-13)19(21)22/h5-6,11-12H,3-4,7-10H2,1-2H3. The summed E-state index contributed by atoms with van der Waals surface area (Å²) in [5.41, 5.74) is 0.861. The summed E-state index contributed by atoms with van der Waals surface area (Å²) in [6.45, 7) is 6.92. The molecule has 0 bridgehead atoms. The van der Waals surface area contributed by atoms with Crippen LogP contribution in [-0.4, -0.2) is 46.9 Å². The smallest absolute Gasteiger partial charge is 0.363 e. The molecular formula is C15H22N4O3. The second-order valence-electron chi connectivity index (χ2n) is 5.46. The average molecular weight is 306 g/mol. The SMILES string of the molecule is CCC(CC)C(=O)N1CCN(c2ccc([N+](=O)[O-])nc2)CC1. The first-order valence-electron chi connectivity index (χ1n) is 7.71. The van der Waals surface area contributed by atoms with Crippen molar-refractivity contribution < 1.29 is 9.72 Å². The third-order valence-corrected chi connectivity index (χ3v) is 4.21. The third-order valence-electron chi connectivity index (χ3n) is 4.21. The Morgan fingerprint density at radius 2 is 1.91 bits per heavy atom. The molecule has 2 rings (SSSR count). The van der Waals surface area contributed by atoms with Crippen molar-refractivity contribution in [2.75, 3.05) is 31.1 Å². The van der Waals surface area contributed by atoms with Crippen molar-refractivity contribution in [1.82, 2.24) is 9.88 Å². The van der Waals surface area contributed by atoms with Gasteiger partial charge in [-0.05, 0) is 28.8 Å². The van der Waals surface area contributed by atoms with E-state index >= 15 is 0 Å². The minimum atomic E-state index is -0.504. The Bertz CT molecular complexity index is 520. The van der Waals surface area contributed by atoms with Crippen LogP contribution in [0.2, 0.25) is 0 Å². The fourth-order valence-corrected chi connectivity index (χ4v) is 2.75. The predicted molar refractivity (Wildman–Crippen MR) is 83.8 cm³/mol. The number of nitro groups is 1. The summed E-state index contributed by atoms with van der Waals surface area (Å²) in [6.07, 6.45) is 3.28. The summed E-state index contributed by atoms with van der Waals surface area (Å²) < 4.78 is 0. The van der Waals surface area contributed by atoms with Gasteiger partial charge in [-0.25, -0.2) is 0 Å². The van der Waals surface area contributed by atoms with E-state index in [2.05, 4.69) is 9.88 Å². The second-order valence-corrected chi connectivity index (χ2v) is 5.46. The molecule has 0 atom stereocenters. The van der Waals surface area contributed by atoms with Crippen molar-refractivity contribution in [2.45, 2.75) is 26.7 Å². The highest BCUT2D eigenvalue weighted by Gasteiger charge is 2.26. The number of aromatic nitrogens is 1. The van der Waals surface area contributed by atoms with Gasteiger partial charge in [0, 0.05) is 38.2 Å². The normalized spacial score (nSPS) is 15.2. The van der Waals surface area contributed by atoms with Crippen molar-refractivity contribution in [3.8, 4) is 0 Å². The maximum Gasteiger partial charge on any atom is 0.363 e. The maximum absolute atomic E-state index is 12.3. The summed E-state index contributed by atoms with van der Waals surface area (Å²) in [6, 6.07) is 3.13. The third kappa shape index (κ3) is 3.52. The molecule has 0 radical (unpaired) electrons. The topological polar surface area (TPSA) is 79.6 Å². The summed E-state index contributed by atoms with van der Waals surface area (Å²) in [7, 11) is 0. The van der Waals surface area contributed by atoms with Gasteiger partial charge in [-0.1, -0.05) is 13.8 Å². The Kier molecular flexibility index (Phi) is 5.30. The number of amides is 1. The highest BCUT2D eigenvalue weighted by Crippen LogP contribution is 2.19. The number of rotatable bonds is 5. The van der Waals surface area contributed by atoms with Crippen LogP contribution >= 0.6 is 0 Å². The number of nitrogens with zero attached hydrogens (tertiary/aromatic N) is 4. The lowest BCUT2D eigenvalue weighted by Gasteiger charge is -2.37. The molecule has 1 aromatic heterocycles. The largest absolute Gasteiger partial charge is 0.365 e. The molecule has 1 saturated heterocycles. The van der Waals surface area contributed by atoms with E-state index in [1.165, 1.54) is 12.3 Å². The summed E-state index contributed by atoms with van der Waals surface area (Å²) >= 11 is 0. The predicted octanol–water partition coefficient (Wildman–Crippen LogP) is 2.07. The fourth-order valence-electron chi connectivity index (χ4n) is 2.75. The molecule has 7 nitrogen and oxygen atoms in total. The van der Waals surface area contributed by atoms with Gasteiger partial charge >= 0.3 is 5.82 Å². The van der Waals surface area contributed by atoms with Crippen LogP contribution in [0.25, 0.3) is 0 Å². The fraction of sp³-hybridized carbons (Fsp3) is 0.600. The van der Waals surface area contributed by atoms with Crippen LogP contribution in [0.1, 0.15) is 26.7 Å². The molecule has 0 saturated carbocycles. The van der Waals surface area contributed by atoms with Crippen LogP contribution in [-0.2, 0) is 4.79 Å². The van der Waals surface area contributed by atoms with E-state index in [-0.39, 0.29) is 17.6 Å². The number of carbonyl (C=O) groups is 1. The Hall–Kier alpha value is -2.18. The summed E-state index contributed by atoms with van der Waals surface area (Å²) in [5.74, 6) is 0.213. The van der Waals surface area contributed by atoms with E-state index < -0.39 is 4.92 Å². The van der Waals surface area contributed by atoms with Crippen LogP contribution < -0.4 is 4.90 Å². The lowest BCUT2D eigenvalue weighted by atomic mass is 10.0. The van der Waals surface area contributed by atoms with Gasteiger partial charge in [0.1, 0.15) is 0 Å². The first-order chi connectivity index (χ1) is 10.6. The van der Waals surface area contributed by atoms with E-state index in [9.17, 15) is 14.9 Å². The molecule has 0 aromatic carbocycles. The number of piperazine rings is 1. The van der Waals surface area contributed by atoms with E-state index in [1.54, 1.807) is 6.07 Å². The zero-order valence-corrected chi connectivity index (χ0v) is 13.1. The molecular weight excluding hydrogens is 284 g/mol. The minimum Gasteiger partial charge on any atom is -0.365 e. The molecule has 0 N–H and O–H groups in total. The molecule has 1 aliphatic heterocycles. The van der Waals surface area contributed by atoms with E-state index in [1.807, 2.05) is 18.7 Å². The van der Waals surface area contributed by atoms with Gasteiger partial charge in [0.2, 0.25) is 5.91 Å². The van der Waals surface area contributed by atoms with Gasteiger partial charge < -0.3 is 19.9 Å². The Balaban J connectivity index is 1.94. The van der Waals surface area contributed by atoms with E-state index in [0.29, 0.717) is 13.1 Å². The Labute approximate surface area is 130 Å². The van der Waals surface area contributed by atoms with Crippen molar-refractivity contribution >= 4 is 17.4 Å². The average Bonchev–Trinajstić information content (AvgIpc) is 2.56. The van der Waals surface area contributed by atoms with Gasteiger partial charge in [-0.3, -0.25) is 4.79 Å². The van der Waals surface area contributed by atoms with Crippen LogP contribution in [0.5, 0.6) is 0 Å². The Morgan fingerprint density at radius 1 is 1.27 bits per heavy atom. The van der Waals surface area contributed by atoms with Crippen LogP contribution in [0, 0.1) is 16.0 Å². The Morgan fingerprint density at radius 3 is 2.36 bits per heavy atom. The molecule has 1 aliphatic rings. The highest BCUT2D eigenvalue weighted by atomic mass is 16.6. The first-order valence-corrected chi connectivity index (χ1v) is 7.71. The molecule has 0 spiro atoms. The van der Waals surface area contributed by atoms with Gasteiger partial charge in [-0.2, -0.15) is 0 Å². The molecule has 7 heteroatoms. The number of pyridine rings is 1. The number of anilines is 1. The molecule has 22 heavy (non-hydrogen) atoms. The molecule has 1 amide bonds. The molecule has 2 heterocycles. The number of hydrogen-bond donors (Lipinski definition) is 0. The molecule has 0 unspecified atom stereocenters. The van der Waals surface area contributed by atoms with Crippen LogP contribution in [0.3, 0.4) is 0 Å². The van der Waals surface area contributed by atoms with E-state index in [0.717, 1.165) is 31.6 Å². The zero-order valence-electron chi connectivity index (χ0n) is 13.1. The first kappa shape index (κ1) is 16.2. The van der Waals surface area contributed by atoms with E-state index in [4.69, 9.17) is 0 Å². The zero-order chi connectivity index (χ0) is 16.1. The minimum absolute atomic E-state index is 0.118. The molecule has 120 valence electrons. The quantitative estimate of drug-likeness (QED) is 0.614. The lowest BCUT2D eigenvalue weighted by molar-refractivity contribution is -0.389. The van der Waals surface area contributed by atoms with Crippen molar-refractivity contribution in [1.29, 1.82) is 0 Å².